The monoisotopic (exact) mass is 326 g/mol. The van der Waals surface area contributed by atoms with E-state index in [0.717, 1.165) is 29.1 Å². The third kappa shape index (κ3) is 3.20. The summed E-state index contributed by atoms with van der Waals surface area (Å²) < 4.78 is 14.3. The average molecular weight is 327 g/mol. The molecule has 1 aliphatic rings. The van der Waals surface area contributed by atoms with Crippen molar-refractivity contribution < 1.29 is 9.31 Å². The van der Waals surface area contributed by atoms with Crippen molar-refractivity contribution >= 4 is 21.6 Å². The molecule has 1 heterocycles. The van der Waals surface area contributed by atoms with Crippen molar-refractivity contribution in [3.8, 4) is 0 Å². The maximum atomic E-state index is 13.2. The molecule has 100 valence electrons. The Balaban J connectivity index is 2.24. The van der Waals surface area contributed by atoms with E-state index in [4.69, 9.17) is 0 Å². The summed E-state index contributed by atoms with van der Waals surface area (Å²) in [5.41, 5.74) is 1.12. The highest BCUT2D eigenvalue weighted by Gasteiger charge is 2.17. The summed E-state index contributed by atoms with van der Waals surface area (Å²) in [5, 5.41) is 10.7. The molecular formula is C13H12BrFN2O2. The average Bonchev–Trinajstić information content (AvgIpc) is 2.36. The van der Waals surface area contributed by atoms with Crippen molar-refractivity contribution in [3.05, 3.63) is 62.7 Å². The number of hydrogen-bond acceptors (Lipinski definition) is 3. The zero-order valence-corrected chi connectivity index (χ0v) is 11.7. The standard InChI is InChI=1S/C13H12BrFN2O2/c1-9-2-4-11(14)8-16(9)7-10-3-5-12(15)13(6-10)17(18)19/h3,5-6,8H,1-2,4,7H2. The molecule has 1 aliphatic heterocycles. The second-order valence-electron chi connectivity index (χ2n) is 4.31. The van der Waals surface area contributed by atoms with Crippen molar-refractivity contribution in [1.82, 2.24) is 4.90 Å². The highest BCUT2D eigenvalue weighted by atomic mass is 79.9. The minimum absolute atomic E-state index is 0.440. The van der Waals surface area contributed by atoms with Gasteiger partial charge in [-0.25, -0.2) is 0 Å². The van der Waals surface area contributed by atoms with Gasteiger partial charge in [-0.15, -0.1) is 0 Å². The van der Waals surface area contributed by atoms with Crippen LogP contribution in [-0.2, 0) is 6.54 Å². The maximum absolute atomic E-state index is 13.2. The predicted octanol–water partition coefficient (Wildman–Crippen LogP) is 4.08. The van der Waals surface area contributed by atoms with Gasteiger partial charge in [-0.2, -0.15) is 4.39 Å². The first kappa shape index (κ1) is 13.7. The summed E-state index contributed by atoms with van der Waals surface area (Å²) in [6, 6.07) is 3.93. The summed E-state index contributed by atoms with van der Waals surface area (Å²) >= 11 is 3.43. The van der Waals surface area contributed by atoms with Gasteiger partial charge in [0.15, 0.2) is 0 Å². The molecule has 1 aromatic carbocycles. The van der Waals surface area contributed by atoms with Crippen LogP contribution in [0.25, 0.3) is 0 Å². The normalized spacial score (nSPS) is 15.4. The van der Waals surface area contributed by atoms with Crippen molar-refractivity contribution in [1.29, 1.82) is 0 Å². The fourth-order valence-corrected chi connectivity index (χ4v) is 2.33. The van der Waals surface area contributed by atoms with E-state index in [0.29, 0.717) is 12.1 Å². The summed E-state index contributed by atoms with van der Waals surface area (Å²) in [6.45, 7) is 4.39. The van der Waals surface area contributed by atoms with E-state index in [1.807, 2.05) is 11.1 Å². The predicted molar refractivity (Wildman–Crippen MR) is 74.0 cm³/mol. The van der Waals surface area contributed by atoms with E-state index in [1.165, 1.54) is 6.07 Å². The van der Waals surface area contributed by atoms with Gasteiger partial charge in [0.05, 0.1) is 4.92 Å². The Labute approximate surface area is 118 Å². The molecule has 0 N–H and O–H groups in total. The fraction of sp³-hybridized carbons (Fsp3) is 0.231. The lowest BCUT2D eigenvalue weighted by molar-refractivity contribution is -0.387. The minimum Gasteiger partial charge on any atom is -0.347 e. The molecule has 19 heavy (non-hydrogen) atoms. The quantitative estimate of drug-likeness (QED) is 0.621. The maximum Gasteiger partial charge on any atom is 0.305 e. The lowest BCUT2D eigenvalue weighted by atomic mass is 10.1. The molecule has 4 nitrogen and oxygen atoms in total. The van der Waals surface area contributed by atoms with Gasteiger partial charge in [0.25, 0.3) is 0 Å². The molecule has 0 unspecified atom stereocenters. The second kappa shape index (κ2) is 5.52. The number of nitrogens with zero attached hydrogens (tertiary/aromatic N) is 2. The first-order valence-corrected chi connectivity index (χ1v) is 6.50. The number of allylic oxidation sites excluding steroid dienone is 2. The van der Waals surface area contributed by atoms with Crippen molar-refractivity contribution in [2.24, 2.45) is 0 Å². The van der Waals surface area contributed by atoms with Crippen LogP contribution in [0.4, 0.5) is 10.1 Å². The Bertz CT molecular complexity index is 572. The Morgan fingerprint density at radius 1 is 1.47 bits per heavy atom. The summed E-state index contributed by atoms with van der Waals surface area (Å²) in [5.74, 6) is -0.817. The molecule has 0 saturated heterocycles. The van der Waals surface area contributed by atoms with Gasteiger partial charge in [0.2, 0.25) is 5.82 Å². The molecule has 0 spiro atoms. The van der Waals surface area contributed by atoms with Crippen LogP contribution in [0, 0.1) is 15.9 Å². The summed E-state index contributed by atoms with van der Waals surface area (Å²) in [7, 11) is 0. The topological polar surface area (TPSA) is 46.4 Å². The SMILES string of the molecule is C=C1CCC(Br)=CN1Cc1ccc(F)c([N+](=O)[O-])c1. The van der Waals surface area contributed by atoms with E-state index in [-0.39, 0.29) is 0 Å². The van der Waals surface area contributed by atoms with Crippen LogP contribution in [0.15, 0.2) is 41.2 Å². The zero-order valence-electron chi connectivity index (χ0n) is 10.1. The van der Waals surface area contributed by atoms with E-state index in [2.05, 4.69) is 22.5 Å². The molecule has 2 rings (SSSR count). The lowest BCUT2D eigenvalue weighted by Gasteiger charge is -2.27. The van der Waals surface area contributed by atoms with Gasteiger partial charge in [0.1, 0.15) is 0 Å². The van der Waals surface area contributed by atoms with E-state index >= 15 is 0 Å². The van der Waals surface area contributed by atoms with E-state index in [9.17, 15) is 14.5 Å². The third-order valence-corrected chi connectivity index (χ3v) is 3.52. The van der Waals surface area contributed by atoms with Gasteiger partial charge in [-0.05, 0) is 24.5 Å². The Kier molecular flexibility index (Phi) is 3.99. The molecule has 0 atom stereocenters. The number of hydrogen-bond donors (Lipinski definition) is 0. The molecular weight excluding hydrogens is 315 g/mol. The lowest BCUT2D eigenvalue weighted by Crippen LogP contribution is -2.19. The summed E-state index contributed by atoms with van der Waals surface area (Å²) in [6.07, 6.45) is 3.64. The second-order valence-corrected chi connectivity index (χ2v) is 5.33. The number of benzene rings is 1. The molecule has 0 radical (unpaired) electrons. The van der Waals surface area contributed by atoms with Gasteiger partial charge < -0.3 is 4.90 Å². The first-order valence-electron chi connectivity index (χ1n) is 5.71. The highest BCUT2D eigenvalue weighted by molar-refractivity contribution is 9.11. The smallest absolute Gasteiger partial charge is 0.305 e. The van der Waals surface area contributed by atoms with Crippen LogP contribution in [-0.4, -0.2) is 9.82 Å². The van der Waals surface area contributed by atoms with Crippen LogP contribution < -0.4 is 0 Å². The van der Waals surface area contributed by atoms with Crippen molar-refractivity contribution in [2.75, 3.05) is 0 Å². The van der Waals surface area contributed by atoms with Gasteiger partial charge in [-0.3, -0.25) is 10.1 Å². The van der Waals surface area contributed by atoms with Gasteiger partial charge in [-0.1, -0.05) is 28.6 Å². The van der Waals surface area contributed by atoms with Gasteiger partial charge >= 0.3 is 5.69 Å². The van der Waals surface area contributed by atoms with Crippen LogP contribution in [0.5, 0.6) is 0 Å². The highest BCUT2D eigenvalue weighted by Crippen LogP contribution is 2.28. The fourth-order valence-electron chi connectivity index (χ4n) is 1.88. The van der Waals surface area contributed by atoms with Crippen molar-refractivity contribution in [2.45, 2.75) is 19.4 Å². The number of rotatable bonds is 3. The largest absolute Gasteiger partial charge is 0.347 e. The Morgan fingerprint density at radius 3 is 2.89 bits per heavy atom. The van der Waals surface area contributed by atoms with Crippen LogP contribution in [0.2, 0.25) is 0 Å². The van der Waals surface area contributed by atoms with Crippen LogP contribution in [0.1, 0.15) is 18.4 Å². The number of halogens is 2. The Morgan fingerprint density at radius 2 is 2.21 bits per heavy atom. The molecule has 1 aromatic rings. The van der Waals surface area contributed by atoms with Crippen molar-refractivity contribution in [3.63, 3.8) is 0 Å². The van der Waals surface area contributed by atoms with E-state index in [1.54, 1.807) is 6.07 Å². The molecule has 0 amide bonds. The Hall–Kier alpha value is -1.69. The zero-order chi connectivity index (χ0) is 14.0. The van der Waals surface area contributed by atoms with Crippen LogP contribution in [0.3, 0.4) is 0 Å². The van der Waals surface area contributed by atoms with E-state index < -0.39 is 16.4 Å². The molecule has 6 heteroatoms. The molecule has 0 fully saturated rings. The van der Waals surface area contributed by atoms with Crippen LogP contribution >= 0.6 is 15.9 Å². The molecule has 0 saturated carbocycles. The minimum atomic E-state index is -0.817. The summed E-state index contributed by atoms with van der Waals surface area (Å²) in [4.78, 5) is 11.9. The molecule has 0 aliphatic carbocycles. The molecule has 0 bridgehead atoms. The van der Waals surface area contributed by atoms with Gasteiger partial charge in [0, 0.05) is 29.0 Å². The number of nitro groups is 1. The number of nitro benzene ring substituents is 1. The molecule has 0 aromatic heterocycles. The first-order chi connectivity index (χ1) is 8.97. The third-order valence-electron chi connectivity index (χ3n) is 2.91.